The van der Waals surface area contributed by atoms with E-state index in [0.29, 0.717) is 19.0 Å². The molecule has 0 spiro atoms. The Bertz CT molecular complexity index is 419. The molecule has 18 heavy (non-hydrogen) atoms. The number of hydrogen-bond acceptors (Lipinski definition) is 6. The minimum atomic E-state index is -1.12. The van der Waals surface area contributed by atoms with Gasteiger partial charge >= 0.3 is 11.9 Å². The Kier molecular flexibility index (Phi) is 5.04. The van der Waals surface area contributed by atoms with Crippen molar-refractivity contribution < 1.29 is 19.4 Å². The Balaban J connectivity index is 2.53. The van der Waals surface area contributed by atoms with Crippen molar-refractivity contribution in [2.24, 2.45) is 0 Å². The van der Waals surface area contributed by atoms with Gasteiger partial charge in [0.25, 0.3) is 0 Å². The van der Waals surface area contributed by atoms with Gasteiger partial charge in [-0.3, -0.25) is 4.79 Å². The van der Waals surface area contributed by atoms with Gasteiger partial charge < -0.3 is 14.7 Å². The molecule has 1 rings (SSSR count). The molecule has 7 heteroatoms. The van der Waals surface area contributed by atoms with Crippen molar-refractivity contribution in [3.63, 3.8) is 0 Å². The predicted octanol–water partition coefficient (Wildman–Crippen LogP) is 0.564. The molecule has 0 aliphatic carbocycles. The molecule has 7 nitrogen and oxygen atoms in total. The number of carbonyl (C=O) groups is 2. The van der Waals surface area contributed by atoms with Crippen LogP contribution in [0.15, 0.2) is 12.4 Å². The molecule has 0 saturated heterocycles. The average Bonchev–Trinajstić information content (AvgIpc) is 2.36. The van der Waals surface area contributed by atoms with E-state index < -0.39 is 5.97 Å². The molecule has 0 aliphatic heterocycles. The fourth-order valence-corrected chi connectivity index (χ4v) is 1.24. The lowest BCUT2D eigenvalue weighted by Gasteiger charge is -2.16. The maximum Gasteiger partial charge on any atom is 0.356 e. The summed E-state index contributed by atoms with van der Waals surface area (Å²) >= 11 is 0. The standard InChI is InChI=1S/C11H15N3O4/c1-3-18-10(15)4-5-14(2)9-7-12-8(6-13-9)11(16)17/h6-7H,3-5H2,1-2H3,(H,16,17). The van der Waals surface area contributed by atoms with Crippen molar-refractivity contribution in [3.8, 4) is 0 Å². The molecule has 1 heterocycles. The molecule has 0 atom stereocenters. The van der Waals surface area contributed by atoms with Crippen molar-refractivity contribution in [3.05, 3.63) is 18.1 Å². The Hall–Kier alpha value is -2.18. The summed E-state index contributed by atoms with van der Waals surface area (Å²) in [7, 11) is 1.74. The van der Waals surface area contributed by atoms with E-state index in [1.165, 1.54) is 12.4 Å². The second-order valence-electron chi connectivity index (χ2n) is 3.54. The number of carbonyl (C=O) groups excluding carboxylic acids is 1. The topological polar surface area (TPSA) is 92.6 Å². The van der Waals surface area contributed by atoms with Gasteiger partial charge in [-0.25, -0.2) is 14.8 Å². The molecule has 0 saturated carbocycles. The Morgan fingerprint density at radius 3 is 2.61 bits per heavy atom. The van der Waals surface area contributed by atoms with Gasteiger partial charge in [-0.15, -0.1) is 0 Å². The largest absolute Gasteiger partial charge is 0.476 e. The minimum Gasteiger partial charge on any atom is -0.476 e. The fourth-order valence-electron chi connectivity index (χ4n) is 1.24. The zero-order valence-electron chi connectivity index (χ0n) is 10.3. The van der Waals surface area contributed by atoms with Gasteiger partial charge in [-0.2, -0.15) is 0 Å². The molecule has 98 valence electrons. The van der Waals surface area contributed by atoms with E-state index >= 15 is 0 Å². The van der Waals surface area contributed by atoms with Gasteiger partial charge in [0.1, 0.15) is 5.82 Å². The lowest BCUT2D eigenvalue weighted by Crippen LogP contribution is -2.23. The number of nitrogens with zero attached hydrogens (tertiary/aromatic N) is 3. The van der Waals surface area contributed by atoms with Crippen LogP contribution in [0.1, 0.15) is 23.8 Å². The third-order valence-corrected chi connectivity index (χ3v) is 2.21. The summed E-state index contributed by atoms with van der Waals surface area (Å²) < 4.78 is 4.80. The van der Waals surface area contributed by atoms with E-state index in [9.17, 15) is 9.59 Å². The molecule has 0 aliphatic rings. The van der Waals surface area contributed by atoms with Gasteiger partial charge in [0.2, 0.25) is 0 Å². The first kappa shape index (κ1) is 13.9. The van der Waals surface area contributed by atoms with Crippen LogP contribution in [0.2, 0.25) is 0 Å². The molecule has 0 bridgehead atoms. The smallest absolute Gasteiger partial charge is 0.356 e. The van der Waals surface area contributed by atoms with Gasteiger partial charge in [-0.1, -0.05) is 0 Å². The van der Waals surface area contributed by atoms with Crippen LogP contribution in [-0.2, 0) is 9.53 Å². The minimum absolute atomic E-state index is 0.113. The van der Waals surface area contributed by atoms with Gasteiger partial charge in [-0.05, 0) is 6.92 Å². The van der Waals surface area contributed by atoms with Crippen LogP contribution in [0.25, 0.3) is 0 Å². The summed E-state index contributed by atoms with van der Waals surface area (Å²) in [6.45, 7) is 2.54. The van der Waals surface area contributed by atoms with Crippen LogP contribution in [-0.4, -0.2) is 47.2 Å². The average molecular weight is 253 g/mol. The first-order valence-electron chi connectivity index (χ1n) is 5.46. The lowest BCUT2D eigenvalue weighted by molar-refractivity contribution is -0.142. The normalized spacial score (nSPS) is 9.89. The first-order valence-corrected chi connectivity index (χ1v) is 5.46. The van der Waals surface area contributed by atoms with Crippen molar-refractivity contribution in [1.29, 1.82) is 0 Å². The highest BCUT2D eigenvalue weighted by Crippen LogP contribution is 2.07. The van der Waals surface area contributed by atoms with Crippen molar-refractivity contribution in [2.75, 3.05) is 25.1 Å². The van der Waals surface area contributed by atoms with E-state index in [2.05, 4.69) is 9.97 Å². The van der Waals surface area contributed by atoms with E-state index in [-0.39, 0.29) is 18.1 Å². The molecule has 1 N–H and O–H groups in total. The number of carboxylic acids is 1. The highest BCUT2D eigenvalue weighted by molar-refractivity contribution is 5.84. The van der Waals surface area contributed by atoms with Crippen LogP contribution < -0.4 is 4.90 Å². The summed E-state index contributed by atoms with van der Waals surface area (Å²) in [6, 6.07) is 0. The van der Waals surface area contributed by atoms with E-state index in [1.54, 1.807) is 18.9 Å². The summed E-state index contributed by atoms with van der Waals surface area (Å²) in [5.74, 6) is -0.896. The second-order valence-corrected chi connectivity index (χ2v) is 3.54. The Labute approximate surface area is 104 Å². The SMILES string of the molecule is CCOC(=O)CCN(C)c1cnc(C(=O)O)cn1. The number of hydrogen-bond donors (Lipinski definition) is 1. The second kappa shape index (κ2) is 6.53. The molecule has 0 radical (unpaired) electrons. The molecular formula is C11H15N3O4. The van der Waals surface area contributed by atoms with Crippen molar-refractivity contribution in [1.82, 2.24) is 9.97 Å². The van der Waals surface area contributed by atoms with Crippen LogP contribution >= 0.6 is 0 Å². The summed E-state index contributed by atoms with van der Waals surface area (Å²) in [5, 5.41) is 8.67. The van der Waals surface area contributed by atoms with Crippen LogP contribution in [0.4, 0.5) is 5.82 Å². The Morgan fingerprint density at radius 1 is 1.39 bits per heavy atom. The number of ether oxygens (including phenoxy) is 1. The number of anilines is 1. The third-order valence-electron chi connectivity index (χ3n) is 2.21. The van der Waals surface area contributed by atoms with E-state index in [4.69, 9.17) is 9.84 Å². The predicted molar refractivity (Wildman–Crippen MR) is 63.5 cm³/mol. The summed E-state index contributed by atoms with van der Waals surface area (Å²) in [4.78, 5) is 31.2. The van der Waals surface area contributed by atoms with Crippen molar-refractivity contribution in [2.45, 2.75) is 13.3 Å². The van der Waals surface area contributed by atoms with Crippen LogP contribution in [0.3, 0.4) is 0 Å². The van der Waals surface area contributed by atoms with Crippen LogP contribution in [0, 0.1) is 0 Å². The Morgan fingerprint density at radius 2 is 2.11 bits per heavy atom. The zero-order valence-corrected chi connectivity index (χ0v) is 10.3. The van der Waals surface area contributed by atoms with Gasteiger partial charge in [0, 0.05) is 13.6 Å². The first-order chi connectivity index (χ1) is 8.54. The highest BCUT2D eigenvalue weighted by Gasteiger charge is 2.09. The zero-order chi connectivity index (χ0) is 13.5. The molecular weight excluding hydrogens is 238 g/mol. The van der Waals surface area contributed by atoms with Crippen LogP contribution in [0.5, 0.6) is 0 Å². The molecule has 0 unspecified atom stereocenters. The van der Waals surface area contributed by atoms with E-state index in [0.717, 1.165) is 0 Å². The molecule has 0 amide bonds. The fraction of sp³-hybridized carbons (Fsp3) is 0.455. The molecule has 1 aromatic rings. The van der Waals surface area contributed by atoms with Gasteiger partial charge in [0.05, 0.1) is 25.4 Å². The molecule has 1 aromatic heterocycles. The quantitative estimate of drug-likeness (QED) is 0.740. The number of aromatic nitrogens is 2. The maximum absolute atomic E-state index is 11.2. The maximum atomic E-state index is 11.2. The van der Waals surface area contributed by atoms with E-state index in [1.807, 2.05) is 0 Å². The van der Waals surface area contributed by atoms with Gasteiger partial charge in [0.15, 0.2) is 5.69 Å². The molecule has 0 aromatic carbocycles. The highest BCUT2D eigenvalue weighted by atomic mass is 16.5. The number of carboxylic acid groups (broad SMARTS) is 1. The third kappa shape index (κ3) is 4.00. The van der Waals surface area contributed by atoms with Crippen molar-refractivity contribution >= 4 is 17.8 Å². The monoisotopic (exact) mass is 253 g/mol. The summed E-state index contributed by atoms with van der Waals surface area (Å²) in [5.41, 5.74) is -0.113. The summed E-state index contributed by atoms with van der Waals surface area (Å²) in [6.07, 6.45) is 2.78. The number of rotatable bonds is 6. The number of aromatic carboxylic acids is 1. The number of esters is 1. The lowest BCUT2D eigenvalue weighted by atomic mass is 10.4. The molecule has 0 fully saturated rings.